The lowest BCUT2D eigenvalue weighted by atomic mass is 9.96. The fraction of sp³-hybridized carbons (Fsp3) is 0. The second kappa shape index (κ2) is 13.0. The molecule has 0 spiro atoms. The molecule has 0 fully saturated rings. The normalized spacial score (nSPS) is 11.6. The highest BCUT2D eigenvalue weighted by Crippen LogP contribution is 2.41. The van der Waals surface area contributed by atoms with E-state index in [-0.39, 0.29) is 0 Å². The van der Waals surface area contributed by atoms with Gasteiger partial charge in [0.1, 0.15) is 11.2 Å². The van der Waals surface area contributed by atoms with Gasteiger partial charge in [0.2, 0.25) is 0 Å². The SMILES string of the molecule is c1ccc(-c2cc(-c3ccccc3)cc(-c3nc(-c4ccccc4)nc(-c4cccc5c4oc4cc6c7ccccc7n(-c7ccccc7)c6cc45)n3)c2)cc1. The van der Waals surface area contributed by atoms with Crippen LogP contribution in [0.15, 0.2) is 199 Å². The molecule has 0 saturated heterocycles. The Bertz CT molecular complexity index is 3170. The van der Waals surface area contributed by atoms with Gasteiger partial charge >= 0.3 is 0 Å². The monoisotopic (exact) mass is 716 g/mol. The van der Waals surface area contributed by atoms with Crippen molar-refractivity contribution in [3.05, 3.63) is 194 Å². The third kappa shape index (κ3) is 5.37. The van der Waals surface area contributed by atoms with Gasteiger partial charge < -0.3 is 8.98 Å². The summed E-state index contributed by atoms with van der Waals surface area (Å²) in [5, 5.41) is 4.36. The third-order valence-electron chi connectivity index (χ3n) is 10.6. The summed E-state index contributed by atoms with van der Waals surface area (Å²) in [5.74, 6) is 1.74. The van der Waals surface area contributed by atoms with Crippen molar-refractivity contribution < 1.29 is 4.42 Å². The molecule has 0 N–H and O–H groups in total. The predicted octanol–water partition coefficient (Wildman–Crippen LogP) is 13.2. The van der Waals surface area contributed by atoms with E-state index in [0.29, 0.717) is 17.5 Å². The topological polar surface area (TPSA) is 56.7 Å². The molecule has 0 bridgehead atoms. The van der Waals surface area contributed by atoms with Crippen molar-refractivity contribution in [3.63, 3.8) is 0 Å². The van der Waals surface area contributed by atoms with E-state index in [2.05, 4.69) is 150 Å². The maximum absolute atomic E-state index is 6.85. The van der Waals surface area contributed by atoms with Crippen LogP contribution in [0, 0.1) is 0 Å². The Hall–Kier alpha value is -7.63. The van der Waals surface area contributed by atoms with E-state index >= 15 is 0 Å². The van der Waals surface area contributed by atoms with E-state index in [1.54, 1.807) is 0 Å². The molecule has 0 aliphatic heterocycles. The van der Waals surface area contributed by atoms with E-state index in [1.165, 1.54) is 5.39 Å². The van der Waals surface area contributed by atoms with Gasteiger partial charge in [-0.2, -0.15) is 0 Å². The Balaban J connectivity index is 1.14. The number of rotatable bonds is 6. The van der Waals surface area contributed by atoms with Gasteiger partial charge in [-0.3, -0.25) is 0 Å². The van der Waals surface area contributed by atoms with Gasteiger partial charge in [-0.05, 0) is 76.9 Å². The minimum absolute atomic E-state index is 0.550. The first-order valence-corrected chi connectivity index (χ1v) is 18.8. The van der Waals surface area contributed by atoms with Crippen LogP contribution in [-0.4, -0.2) is 19.5 Å². The highest BCUT2D eigenvalue weighted by molar-refractivity contribution is 6.18. The van der Waals surface area contributed by atoms with Crippen LogP contribution in [0.3, 0.4) is 0 Å². The molecule has 56 heavy (non-hydrogen) atoms. The lowest BCUT2D eigenvalue weighted by Crippen LogP contribution is -2.00. The number of furan rings is 1. The average Bonchev–Trinajstić information content (AvgIpc) is 3.81. The zero-order valence-corrected chi connectivity index (χ0v) is 30.2. The predicted molar refractivity (Wildman–Crippen MR) is 229 cm³/mol. The average molecular weight is 717 g/mol. The van der Waals surface area contributed by atoms with Gasteiger partial charge in [0.15, 0.2) is 17.5 Å². The van der Waals surface area contributed by atoms with Crippen LogP contribution in [-0.2, 0) is 0 Å². The molecule has 0 atom stereocenters. The molecular formula is C51H32N4O. The van der Waals surface area contributed by atoms with Crippen LogP contribution in [0.4, 0.5) is 0 Å². The highest BCUT2D eigenvalue weighted by atomic mass is 16.3. The summed E-state index contributed by atoms with van der Waals surface area (Å²) in [4.78, 5) is 15.5. The Morgan fingerprint density at radius 2 is 0.875 bits per heavy atom. The van der Waals surface area contributed by atoms with Crippen molar-refractivity contribution >= 4 is 43.7 Å². The second-order valence-corrected chi connectivity index (χ2v) is 14.0. The van der Waals surface area contributed by atoms with Gasteiger partial charge in [-0.15, -0.1) is 0 Å². The Morgan fingerprint density at radius 1 is 0.339 bits per heavy atom. The molecule has 11 aromatic rings. The van der Waals surface area contributed by atoms with E-state index < -0.39 is 0 Å². The summed E-state index contributed by atoms with van der Waals surface area (Å²) in [5.41, 5.74) is 12.0. The van der Waals surface area contributed by atoms with E-state index in [0.717, 1.165) is 83.0 Å². The van der Waals surface area contributed by atoms with Gasteiger partial charge in [-0.25, -0.2) is 15.0 Å². The first kappa shape index (κ1) is 31.9. The lowest BCUT2D eigenvalue weighted by molar-refractivity contribution is 0.670. The van der Waals surface area contributed by atoms with Crippen molar-refractivity contribution in [2.75, 3.05) is 0 Å². The minimum Gasteiger partial charge on any atom is -0.455 e. The summed E-state index contributed by atoms with van der Waals surface area (Å²) >= 11 is 0. The summed E-state index contributed by atoms with van der Waals surface area (Å²) < 4.78 is 9.18. The first-order valence-electron chi connectivity index (χ1n) is 18.8. The van der Waals surface area contributed by atoms with Crippen molar-refractivity contribution in [1.82, 2.24) is 19.5 Å². The van der Waals surface area contributed by atoms with E-state index in [4.69, 9.17) is 19.4 Å². The number of aromatic nitrogens is 4. The van der Waals surface area contributed by atoms with Crippen molar-refractivity contribution in [3.8, 4) is 62.1 Å². The lowest BCUT2D eigenvalue weighted by Gasteiger charge is -2.12. The number of para-hydroxylation sites is 3. The van der Waals surface area contributed by atoms with E-state index in [9.17, 15) is 0 Å². The minimum atomic E-state index is 0.550. The van der Waals surface area contributed by atoms with Gasteiger partial charge in [0, 0.05) is 38.4 Å². The zero-order chi connectivity index (χ0) is 37.0. The molecule has 8 aromatic carbocycles. The van der Waals surface area contributed by atoms with Crippen molar-refractivity contribution in [2.24, 2.45) is 0 Å². The molecule has 3 heterocycles. The zero-order valence-electron chi connectivity index (χ0n) is 30.2. The number of nitrogens with zero attached hydrogens (tertiary/aromatic N) is 4. The van der Waals surface area contributed by atoms with Crippen LogP contribution in [0.2, 0.25) is 0 Å². The molecule has 5 heteroatoms. The molecule has 0 radical (unpaired) electrons. The quantitative estimate of drug-likeness (QED) is 0.172. The van der Waals surface area contributed by atoms with Gasteiger partial charge in [0.25, 0.3) is 0 Å². The summed E-state index contributed by atoms with van der Waals surface area (Å²) in [6.07, 6.45) is 0. The fourth-order valence-electron chi connectivity index (χ4n) is 7.98. The second-order valence-electron chi connectivity index (χ2n) is 14.0. The summed E-state index contributed by atoms with van der Waals surface area (Å²) in [6.45, 7) is 0. The number of benzene rings is 8. The Morgan fingerprint density at radius 3 is 1.55 bits per heavy atom. The maximum Gasteiger partial charge on any atom is 0.167 e. The molecule has 0 unspecified atom stereocenters. The highest BCUT2D eigenvalue weighted by Gasteiger charge is 2.21. The number of hydrogen-bond acceptors (Lipinski definition) is 4. The number of hydrogen-bond donors (Lipinski definition) is 0. The van der Waals surface area contributed by atoms with Crippen LogP contribution in [0.25, 0.3) is 106 Å². The molecule has 0 aliphatic carbocycles. The first-order chi connectivity index (χ1) is 27.7. The molecule has 3 aromatic heterocycles. The molecule has 5 nitrogen and oxygen atoms in total. The van der Waals surface area contributed by atoms with Crippen LogP contribution in [0.5, 0.6) is 0 Å². The molecule has 0 saturated carbocycles. The van der Waals surface area contributed by atoms with Crippen molar-refractivity contribution in [1.29, 1.82) is 0 Å². The molecular weight excluding hydrogens is 685 g/mol. The standard InChI is InChI=1S/C51H32N4O/c1-5-16-33(17-6-1)36-28-37(34-18-7-2-8-19-34)30-38(29-36)50-52-49(35-20-9-3-10-21-35)53-51(54-50)42-26-15-25-41-44-31-46-43(32-47(44)56-48(41)42)40-24-13-14-27-45(40)55(46)39-22-11-4-12-23-39/h1-32H. The molecule has 0 aliphatic rings. The third-order valence-corrected chi connectivity index (χ3v) is 10.6. The number of fused-ring (bicyclic) bond motifs is 6. The molecule has 0 amide bonds. The fourth-order valence-corrected chi connectivity index (χ4v) is 7.98. The van der Waals surface area contributed by atoms with Crippen molar-refractivity contribution in [2.45, 2.75) is 0 Å². The van der Waals surface area contributed by atoms with Gasteiger partial charge in [-0.1, -0.05) is 140 Å². The Kier molecular flexibility index (Phi) is 7.42. The van der Waals surface area contributed by atoms with E-state index in [1.807, 2.05) is 48.5 Å². The summed E-state index contributed by atoms with van der Waals surface area (Å²) in [7, 11) is 0. The summed E-state index contributed by atoms with van der Waals surface area (Å²) in [6, 6.07) is 67.4. The Labute approximate surface area is 322 Å². The van der Waals surface area contributed by atoms with Crippen LogP contribution >= 0.6 is 0 Å². The molecule has 11 rings (SSSR count). The van der Waals surface area contributed by atoms with Crippen LogP contribution < -0.4 is 0 Å². The van der Waals surface area contributed by atoms with Crippen LogP contribution in [0.1, 0.15) is 0 Å². The smallest absolute Gasteiger partial charge is 0.167 e. The molecule has 262 valence electrons. The largest absolute Gasteiger partial charge is 0.455 e. The van der Waals surface area contributed by atoms with Gasteiger partial charge in [0.05, 0.1) is 16.6 Å². The maximum atomic E-state index is 6.85.